The van der Waals surface area contributed by atoms with Gasteiger partial charge in [0.1, 0.15) is 17.4 Å². The molecule has 1 unspecified atom stereocenters. The smallest absolute Gasteiger partial charge is 0.138 e. The Morgan fingerprint density at radius 1 is 1.10 bits per heavy atom. The molecule has 2 aliphatic rings. The van der Waals surface area contributed by atoms with E-state index < -0.39 is 0 Å². The summed E-state index contributed by atoms with van der Waals surface area (Å²) >= 11 is 0. The van der Waals surface area contributed by atoms with Gasteiger partial charge in [-0.05, 0) is 93.5 Å². The summed E-state index contributed by atoms with van der Waals surface area (Å²) in [5, 5.41) is 21.9. The van der Waals surface area contributed by atoms with Crippen molar-refractivity contribution in [3.8, 4) is 11.8 Å². The first-order chi connectivity index (χ1) is 15.1. The maximum Gasteiger partial charge on any atom is 0.138 e. The molecule has 1 saturated heterocycles. The highest BCUT2D eigenvalue weighted by molar-refractivity contribution is 5.90. The van der Waals surface area contributed by atoms with Gasteiger partial charge in [-0.3, -0.25) is 4.90 Å². The predicted octanol–water partition coefficient (Wildman–Crippen LogP) is 5.65. The molecule has 0 spiro atoms. The average molecular weight is 421 g/mol. The number of likely N-dealkylation sites (tertiary alicyclic amines) is 1. The number of benzene rings is 2. The molecule has 2 fully saturated rings. The van der Waals surface area contributed by atoms with Gasteiger partial charge in [0.05, 0.1) is 12.2 Å². The number of piperidine rings is 1. The second-order valence-corrected chi connectivity index (χ2v) is 9.63. The first kappa shape index (κ1) is 22.1. The minimum absolute atomic E-state index is 0.212. The lowest BCUT2D eigenvalue weighted by Gasteiger charge is -2.33. The van der Waals surface area contributed by atoms with E-state index >= 15 is 0 Å². The molecule has 4 nitrogen and oxygen atoms in total. The number of hydrogen-bond acceptors (Lipinski definition) is 4. The number of nitrogens with zero attached hydrogens (tertiary/aromatic N) is 2. The van der Waals surface area contributed by atoms with Crippen molar-refractivity contribution < 1.29 is 9.84 Å². The molecule has 4 rings (SSSR count). The maximum absolute atomic E-state index is 9.96. The molecular weight excluding hydrogens is 384 g/mol. The molecule has 166 valence electrons. The molecule has 0 aromatic heterocycles. The van der Waals surface area contributed by atoms with Crippen molar-refractivity contribution >= 4 is 10.8 Å². The summed E-state index contributed by atoms with van der Waals surface area (Å²) in [5.41, 5.74) is 1.91. The van der Waals surface area contributed by atoms with Crippen LogP contribution in [0.2, 0.25) is 0 Å². The van der Waals surface area contributed by atoms with Crippen LogP contribution in [0.3, 0.4) is 0 Å². The number of aliphatic hydroxyl groups is 1. The quantitative estimate of drug-likeness (QED) is 0.656. The molecule has 1 heterocycles. The van der Waals surface area contributed by atoms with Crippen molar-refractivity contribution in [3.63, 3.8) is 0 Å². The van der Waals surface area contributed by atoms with Gasteiger partial charge in [-0.1, -0.05) is 31.5 Å². The Kier molecular flexibility index (Phi) is 7.15. The molecule has 1 saturated carbocycles. The van der Waals surface area contributed by atoms with E-state index in [1.54, 1.807) is 0 Å². The molecule has 31 heavy (non-hydrogen) atoms. The lowest BCUT2D eigenvalue weighted by Crippen LogP contribution is -2.36. The van der Waals surface area contributed by atoms with E-state index in [0.717, 1.165) is 67.8 Å². The first-order valence-electron chi connectivity index (χ1n) is 12.1. The number of aliphatic hydroxyl groups excluding tert-OH is 1. The molecule has 1 aliphatic carbocycles. The van der Waals surface area contributed by atoms with Crippen molar-refractivity contribution in [2.45, 2.75) is 77.5 Å². The SMILES string of the molecule is CCC1CCC(Oc2ccc3ccc(CN4CCC(C(C)O)CC4)cc3c2C#N)CC1. The van der Waals surface area contributed by atoms with Gasteiger partial charge in [0.15, 0.2) is 0 Å². The zero-order valence-electron chi connectivity index (χ0n) is 19.0. The second-order valence-electron chi connectivity index (χ2n) is 9.63. The largest absolute Gasteiger partial charge is 0.489 e. The number of hydrogen-bond donors (Lipinski definition) is 1. The van der Waals surface area contributed by atoms with Crippen LogP contribution in [0.1, 0.15) is 69.9 Å². The van der Waals surface area contributed by atoms with Crippen LogP contribution >= 0.6 is 0 Å². The predicted molar refractivity (Wildman–Crippen MR) is 125 cm³/mol. The van der Waals surface area contributed by atoms with E-state index in [4.69, 9.17) is 4.74 Å². The highest BCUT2D eigenvalue weighted by Crippen LogP contribution is 2.34. The lowest BCUT2D eigenvalue weighted by molar-refractivity contribution is 0.0695. The lowest BCUT2D eigenvalue weighted by atomic mass is 9.86. The van der Waals surface area contributed by atoms with Gasteiger partial charge in [-0.15, -0.1) is 0 Å². The Labute approximate surface area is 186 Å². The van der Waals surface area contributed by atoms with Gasteiger partial charge in [0.25, 0.3) is 0 Å². The molecule has 1 aliphatic heterocycles. The summed E-state index contributed by atoms with van der Waals surface area (Å²) in [7, 11) is 0. The fraction of sp³-hybridized carbons (Fsp3) is 0.593. The summed E-state index contributed by atoms with van der Waals surface area (Å²) < 4.78 is 6.35. The Morgan fingerprint density at radius 3 is 2.45 bits per heavy atom. The monoisotopic (exact) mass is 420 g/mol. The molecule has 1 N–H and O–H groups in total. The third kappa shape index (κ3) is 5.22. The second kappa shape index (κ2) is 10.0. The summed E-state index contributed by atoms with van der Waals surface area (Å²) in [5.74, 6) is 2.00. The number of nitriles is 1. The van der Waals surface area contributed by atoms with Crippen molar-refractivity contribution in [1.29, 1.82) is 5.26 Å². The maximum atomic E-state index is 9.96. The third-order valence-corrected chi connectivity index (χ3v) is 7.54. The van der Waals surface area contributed by atoms with Gasteiger partial charge < -0.3 is 9.84 Å². The topological polar surface area (TPSA) is 56.5 Å². The molecule has 0 bridgehead atoms. The standard InChI is InChI=1S/C27H36N2O2/c1-3-20-5-9-24(10-6-20)31-27-11-8-23-7-4-21(16-25(23)26(27)17-28)18-29-14-12-22(13-15-29)19(2)30/h4,7-8,11,16,19-20,22,24,30H,3,5-6,9-10,12-15,18H2,1-2H3. The minimum Gasteiger partial charge on any atom is -0.489 e. The first-order valence-corrected chi connectivity index (χ1v) is 12.1. The summed E-state index contributed by atoms with van der Waals surface area (Å²) in [6, 6.07) is 13.0. The molecular formula is C27H36N2O2. The fourth-order valence-corrected chi connectivity index (χ4v) is 5.35. The number of ether oxygens (including phenoxy) is 1. The molecule has 1 atom stereocenters. The van der Waals surface area contributed by atoms with Crippen molar-refractivity contribution in [3.05, 3.63) is 41.5 Å². The number of fused-ring (bicyclic) bond motifs is 1. The molecule has 4 heteroatoms. The van der Waals surface area contributed by atoms with Gasteiger partial charge in [-0.2, -0.15) is 5.26 Å². The Balaban J connectivity index is 1.48. The van der Waals surface area contributed by atoms with Crippen LogP contribution in [-0.4, -0.2) is 35.3 Å². The van der Waals surface area contributed by atoms with Crippen LogP contribution in [-0.2, 0) is 6.54 Å². The minimum atomic E-state index is -0.212. The van der Waals surface area contributed by atoms with Crippen LogP contribution in [0.5, 0.6) is 5.75 Å². The van der Waals surface area contributed by atoms with Crippen LogP contribution in [0.25, 0.3) is 10.8 Å². The zero-order valence-corrected chi connectivity index (χ0v) is 19.0. The fourth-order valence-electron chi connectivity index (χ4n) is 5.35. The summed E-state index contributed by atoms with van der Waals surface area (Å²) in [6.45, 7) is 7.10. The summed E-state index contributed by atoms with van der Waals surface area (Å²) in [6.07, 6.45) is 8.00. The van der Waals surface area contributed by atoms with Crippen molar-refractivity contribution in [1.82, 2.24) is 4.90 Å². The normalized spacial score (nSPS) is 24.1. The molecule has 0 radical (unpaired) electrons. The van der Waals surface area contributed by atoms with E-state index in [9.17, 15) is 10.4 Å². The zero-order chi connectivity index (χ0) is 21.8. The van der Waals surface area contributed by atoms with Crippen LogP contribution in [0.4, 0.5) is 0 Å². The van der Waals surface area contributed by atoms with E-state index in [1.165, 1.54) is 24.8 Å². The Bertz CT molecular complexity index is 917. The van der Waals surface area contributed by atoms with E-state index in [2.05, 4.69) is 42.2 Å². The average Bonchev–Trinajstić information content (AvgIpc) is 2.80. The van der Waals surface area contributed by atoms with Gasteiger partial charge in [0, 0.05) is 11.9 Å². The molecule has 2 aromatic carbocycles. The molecule has 2 aromatic rings. The van der Waals surface area contributed by atoms with E-state index in [0.29, 0.717) is 11.5 Å². The Morgan fingerprint density at radius 2 is 1.81 bits per heavy atom. The van der Waals surface area contributed by atoms with Crippen molar-refractivity contribution in [2.24, 2.45) is 11.8 Å². The van der Waals surface area contributed by atoms with E-state index in [-0.39, 0.29) is 12.2 Å². The highest BCUT2D eigenvalue weighted by Gasteiger charge is 2.24. The number of rotatable bonds is 6. The molecule has 0 amide bonds. The van der Waals surface area contributed by atoms with Gasteiger partial charge >= 0.3 is 0 Å². The Hall–Kier alpha value is -2.09. The van der Waals surface area contributed by atoms with Crippen molar-refractivity contribution in [2.75, 3.05) is 13.1 Å². The van der Waals surface area contributed by atoms with Gasteiger partial charge in [0.2, 0.25) is 0 Å². The summed E-state index contributed by atoms with van der Waals surface area (Å²) in [4.78, 5) is 2.46. The highest BCUT2D eigenvalue weighted by atomic mass is 16.5. The van der Waals surface area contributed by atoms with E-state index in [1.807, 2.05) is 13.0 Å². The van der Waals surface area contributed by atoms with Crippen LogP contribution < -0.4 is 4.74 Å². The van der Waals surface area contributed by atoms with Crippen LogP contribution in [0.15, 0.2) is 30.3 Å². The van der Waals surface area contributed by atoms with Gasteiger partial charge in [-0.25, -0.2) is 0 Å². The van der Waals surface area contributed by atoms with Crippen LogP contribution in [0, 0.1) is 23.2 Å². The third-order valence-electron chi connectivity index (χ3n) is 7.54.